The normalized spacial score (nSPS) is 11.1. The van der Waals surface area contributed by atoms with Gasteiger partial charge >= 0.3 is 12.3 Å². The zero-order valence-corrected chi connectivity index (χ0v) is 10.1. The smallest absolute Gasteiger partial charge is 0.462 e. The van der Waals surface area contributed by atoms with E-state index in [0.717, 1.165) is 12.3 Å². The molecule has 0 amide bonds. The Morgan fingerprint density at radius 1 is 1.53 bits per heavy atom. The van der Waals surface area contributed by atoms with Crippen molar-refractivity contribution in [2.45, 2.75) is 13.3 Å². The molecule has 0 saturated heterocycles. The average molecular weight is 314 g/mol. The predicted molar refractivity (Wildman–Crippen MR) is 54.6 cm³/mol. The van der Waals surface area contributed by atoms with Crippen LogP contribution in [0.15, 0.2) is 16.9 Å². The van der Waals surface area contributed by atoms with Crippen LogP contribution in [0.4, 0.5) is 13.2 Å². The van der Waals surface area contributed by atoms with E-state index in [1.807, 2.05) is 0 Å². The Morgan fingerprint density at radius 2 is 2.18 bits per heavy atom. The van der Waals surface area contributed by atoms with Crippen molar-refractivity contribution in [3.8, 4) is 5.75 Å². The lowest BCUT2D eigenvalue weighted by Crippen LogP contribution is -2.18. The van der Waals surface area contributed by atoms with Gasteiger partial charge in [-0.3, -0.25) is 0 Å². The predicted octanol–water partition coefficient (Wildman–Crippen LogP) is 2.92. The van der Waals surface area contributed by atoms with Crippen LogP contribution in [-0.4, -0.2) is 23.9 Å². The number of pyridine rings is 1. The van der Waals surface area contributed by atoms with Gasteiger partial charge in [-0.25, -0.2) is 9.78 Å². The fourth-order valence-corrected chi connectivity index (χ4v) is 1.35. The molecule has 0 radical (unpaired) electrons. The minimum absolute atomic E-state index is 0.0884. The maximum absolute atomic E-state index is 11.9. The zero-order chi connectivity index (χ0) is 13.1. The van der Waals surface area contributed by atoms with Gasteiger partial charge in [-0.05, 0) is 28.9 Å². The molecule has 1 aromatic rings. The Morgan fingerprint density at radius 3 is 2.71 bits per heavy atom. The van der Waals surface area contributed by atoms with E-state index >= 15 is 0 Å². The first-order chi connectivity index (χ1) is 7.83. The Hall–Kier alpha value is -1.31. The number of alkyl halides is 3. The molecule has 0 saturated carbocycles. The van der Waals surface area contributed by atoms with E-state index in [9.17, 15) is 18.0 Å². The SMILES string of the molecule is CCOC(=O)c1cc(OC(F)(F)F)cnc1Br. The Kier molecular flexibility index (Phi) is 4.33. The summed E-state index contributed by atoms with van der Waals surface area (Å²) in [6.07, 6.45) is -3.98. The summed E-state index contributed by atoms with van der Waals surface area (Å²) in [5.41, 5.74) is -0.131. The fraction of sp³-hybridized carbons (Fsp3) is 0.333. The summed E-state index contributed by atoms with van der Waals surface area (Å²) in [5, 5.41) is 0. The van der Waals surface area contributed by atoms with E-state index < -0.39 is 18.1 Å². The number of carbonyl (C=O) groups excluding carboxylic acids is 1. The van der Waals surface area contributed by atoms with Crippen molar-refractivity contribution in [1.29, 1.82) is 0 Å². The Bertz CT molecular complexity index is 422. The van der Waals surface area contributed by atoms with Crippen molar-refractivity contribution in [3.05, 3.63) is 22.4 Å². The summed E-state index contributed by atoms with van der Waals surface area (Å²) in [4.78, 5) is 14.9. The van der Waals surface area contributed by atoms with Crippen LogP contribution >= 0.6 is 15.9 Å². The molecule has 0 bridgehead atoms. The molecule has 0 unspecified atom stereocenters. The van der Waals surface area contributed by atoms with E-state index in [1.165, 1.54) is 0 Å². The summed E-state index contributed by atoms with van der Waals surface area (Å²) >= 11 is 2.93. The number of halogens is 4. The van der Waals surface area contributed by atoms with Crippen molar-refractivity contribution in [1.82, 2.24) is 4.98 Å². The number of hydrogen-bond donors (Lipinski definition) is 0. The molecule has 0 aromatic carbocycles. The number of nitrogens with zero attached hydrogens (tertiary/aromatic N) is 1. The lowest BCUT2D eigenvalue weighted by molar-refractivity contribution is -0.274. The van der Waals surface area contributed by atoms with Crippen LogP contribution in [0.3, 0.4) is 0 Å². The topological polar surface area (TPSA) is 48.4 Å². The minimum Gasteiger partial charge on any atom is -0.462 e. The zero-order valence-electron chi connectivity index (χ0n) is 8.55. The van der Waals surface area contributed by atoms with E-state index in [2.05, 4.69) is 30.4 Å². The van der Waals surface area contributed by atoms with Crippen molar-refractivity contribution in [2.24, 2.45) is 0 Å². The number of ether oxygens (including phenoxy) is 2. The number of aromatic nitrogens is 1. The van der Waals surface area contributed by atoms with E-state index in [1.54, 1.807) is 6.92 Å². The molecule has 0 aliphatic rings. The lowest BCUT2D eigenvalue weighted by atomic mass is 10.3. The van der Waals surface area contributed by atoms with Crippen LogP contribution in [0.5, 0.6) is 5.75 Å². The van der Waals surface area contributed by atoms with E-state index in [4.69, 9.17) is 0 Å². The molecular formula is C9H7BrF3NO3. The molecule has 0 atom stereocenters. The van der Waals surface area contributed by atoms with Gasteiger partial charge in [-0.2, -0.15) is 0 Å². The van der Waals surface area contributed by atoms with Gasteiger partial charge in [-0.1, -0.05) is 0 Å². The highest BCUT2D eigenvalue weighted by Crippen LogP contribution is 2.25. The first kappa shape index (κ1) is 13.8. The molecule has 0 spiro atoms. The summed E-state index contributed by atoms with van der Waals surface area (Å²) in [7, 11) is 0. The van der Waals surface area contributed by atoms with Crippen LogP contribution in [-0.2, 0) is 4.74 Å². The number of hydrogen-bond acceptors (Lipinski definition) is 4. The molecule has 8 heteroatoms. The minimum atomic E-state index is -4.83. The van der Waals surface area contributed by atoms with Gasteiger partial charge in [0, 0.05) is 0 Å². The summed E-state index contributed by atoms with van der Waals surface area (Å²) < 4.78 is 44.2. The van der Waals surface area contributed by atoms with Crippen LogP contribution < -0.4 is 4.74 Å². The number of esters is 1. The number of carbonyl (C=O) groups is 1. The van der Waals surface area contributed by atoms with Crippen LogP contribution in [0, 0.1) is 0 Å². The molecule has 1 aromatic heterocycles. The molecule has 1 heterocycles. The Balaban J connectivity index is 2.98. The number of rotatable bonds is 3. The lowest BCUT2D eigenvalue weighted by Gasteiger charge is -2.10. The molecular weight excluding hydrogens is 307 g/mol. The van der Waals surface area contributed by atoms with Crippen LogP contribution in [0.2, 0.25) is 0 Å². The van der Waals surface area contributed by atoms with Crippen molar-refractivity contribution in [3.63, 3.8) is 0 Å². The van der Waals surface area contributed by atoms with Gasteiger partial charge in [0.25, 0.3) is 0 Å². The highest BCUT2D eigenvalue weighted by Gasteiger charge is 2.31. The van der Waals surface area contributed by atoms with Gasteiger partial charge < -0.3 is 9.47 Å². The summed E-state index contributed by atoms with van der Waals surface area (Å²) in [5.74, 6) is -1.36. The molecule has 0 fully saturated rings. The molecule has 0 N–H and O–H groups in total. The largest absolute Gasteiger partial charge is 0.573 e. The second-order valence-corrected chi connectivity index (χ2v) is 3.53. The van der Waals surface area contributed by atoms with Crippen molar-refractivity contribution >= 4 is 21.9 Å². The third-order valence-corrected chi connectivity index (χ3v) is 2.17. The van der Waals surface area contributed by atoms with Crippen LogP contribution in [0.25, 0.3) is 0 Å². The average Bonchev–Trinajstić information content (AvgIpc) is 2.19. The first-order valence-electron chi connectivity index (χ1n) is 4.42. The second kappa shape index (κ2) is 5.35. The molecule has 0 aliphatic heterocycles. The third-order valence-electron chi connectivity index (χ3n) is 1.54. The molecule has 94 valence electrons. The maximum Gasteiger partial charge on any atom is 0.573 e. The maximum atomic E-state index is 11.9. The van der Waals surface area contributed by atoms with Gasteiger partial charge in [0.05, 0.1) is 18.4 Å². The van der Waals surface area contributed by atoms with Crippen LogP contribution in [0.1, 0.15) is 17.3 Å². The van der Waals surface area contributed by atoms with Crippen molar-refractivity contribution < 1.29 is 27.4 Å². The molecule has 17 heavy (non-hydrogen) atoms. The van der Waals surface area contributed by atoms with E-state index in [-0.39, 0.29) is 16.8 Å². The Labute approximate surface area is 103 Å². The fourth-order valence-electron chi connectivity index (χ4n) is 0.970. The molecule has 0 aliphatic carbocycles. The third kappa shape index (κ3) is 4.22. The highest BCUT2D eigenvalue weighted by atomic mass is 79.9. The quantitative estimate of drug-likeness (QED) is 0.636. The molecule has 1 rings (SSSR count). The monoisotopic (exact) mass is 313 g/mol. The van der Waals surface area contributed by atoms with Gasteiger partial charge in [0.15, 0.2) is 0 Å². The summed E-state index contributed by atoms with van der Waals surface area (Å²) in [6.45, 7) is 1.69. The first-order valence-corrected chi connectivity index (χ1v) is 5.21. The summed E-state index contributed by atoms with van der Waals surface area (Å²) in [6, 6.07) is 0.905. The standard InChI is InChI=1S/C9H7BrF3NO3/c1-2-16-8(15)6-3-5(4-14-7(6)10)17-9(11,12)13/h3-4H,2H2,1H3. The van der Waals surface area contributed by atoms with Gasteiger partial charge in [0.2, 0.25) is 0 Å². The highest BCUT2D eigenvalue weighted by molar-refractivity contribution is 9.10. The van der Waals surface area contributed by atoms with Gasteiger partial charge in [-0.15, -0.1) is 13.2 Å². The van der Waals surface area contributed by atoms with E-state index in [0.29, 0.717) is 0 Å². The van der Waals surface area contributed by atoms with Crippen molar-refractivity contribution in [2.75, 3.05) is 6.61 Å². The molecule has 4 nitrogen and oxygen atoms in total. The van der Waals surface area contributed by atoms with Gasteiger partial charge in [0.1, 0.15) is 10.4 Å². The second-order valence-electron chi connectivity index (χ2n) is 2.78.